The van der Waals surface area contributed by atoms with E-state index in [4.69, 9.17) is 14.2 Å². The summed E-state index contributed by atoms with van der Waals surface area (Å²) >= 11 is 0. The van der Waals surface area contributed by atoms with Crippen LogP contribution in [-0.4, -0.2) is 48.9 Å². The summed E-state index contributed by atoms with van der Waals surface area (Å²) in [5, 5.41) is 2.83. The molecular weight excluding hydrogens is 336 g/mol. The monoisotopic (exact) mass is 364 g/mol. The van der Waals surface area contributed by atoms with Gasteiger partial charge in [0.25, 0.3) is 0 Å². The highest BCUT2D eigenvalue weighted by Gasteiger charge is 2.25. The van der Waals surface area contributed by atoms with Gasteiger partial charge in [-0.2, -0.15) is 0 Å². The van der Waals surface area contributed by atoms with E-state index in [9.17, 15) is 9.59 Å². The fourth-order valence-corrected chi connectivity index (χ4v) is 2.57. The van der Waals surface area contributed by atoms with Crippen LogP contribution in [0.2, 0.25) is 0 Å². The van der Waals surface area contributed by atoms with E-state index in [0.717, 1.165) is 17.1 Å². The lowest BCUT2D eigenvalue weighted by molar-refractivity contribution is -0.122. The van der Waals surface area contributed by atoms with Crippen molar-refractivity contribution in [3.05, 3.63) is 23.8 Å². The van der Waals surface area contributed by atoms with E-state index in [1.807, 2.05) is 39.0 Å². The van der Waals surface area contributed by atoms with Crippen molar-refractivity contribution in [2.24, 2.45) is 0 Å². The Balaban J connectivity index is 1.86. The minimum Gasteiger partial charge on any atom is -0.454 e. The number of carbonyl (C=O) groups is 2. The third-order valence-electron chi connectivity index (χ3n) is 4.27. The topological polar surface area (TPSA) is 77.1 Å². The van der Waals surface area contributed by atoms with Crippen LogP contribution in [0.25, 0.3) is 0 Å². The SMILES string of the molecule is CCC(=O)NC(C)(C)COC(=O)N(C)C(C)Cc1ccc2c(c1)OCO2. The Bertz CT molecular complexity index is 659. The second kappa shape index (κ2) is 8.29. The van der Waals surface area contributed by atoms with Crippen molar-refractivity contribution in [1.82, 2.24) is 10.2 Å². The number of nitrogens with one attached hydrogen (secondary N) is 1. The number of hydrogen-bond donors (Lipinski definition) is 1. The maximum Gasteiger partial charge on any atom is 0.409 e. The summed E-state index contributed by atoms with van der Waals surface area (Å²) in [5.41, 5.74) is 0.446. The highest BCUT2D eigenvalue weighted by Crippen LogP contribution is 2.32. The number of benzene rings is 1. The minimum absolute atomic E-state index is 0.0591. The first-order valence-electron chi connectivity index (χ1n) is 8.81. The molecular formula is C19H28N2O5. The standard InChI is InChI=1S/C19H28N2O5/c1-6-17(22)20-19(3,4)11-24-18(23)21(5)13(2)9-14-7-8-15-16(10-14)26-12-25-15/h7-8,10,13H,6,9,11-12H2,1-5H3,(H,20,22). The van der Waals surface area contributed by atoms with Crippen molar-refractivity contribution in [1.29, 1.82) is 0 Å². The van der Waals surface area contributed by atoms with E-state index in [1.165, 1.54) is 0 Å². The van der Waals surface area contributed by atoms with Crippen molar-refractivity contribution in [2.45, 2.75) is 52.1 Å². The number of rotatable bonds is 7. The number of likely N-dealkylation sites (N-methyl/N-ethyl adjacent to an activating group) is 1. The van der Waals surface area contributed by atoms with Gasteiger partial charge in [-0.3, -0.25) is 4.79 Å². The van der Waals surface area contributed by atoms with Crippen LogP contribution >= 0.6 is 0 Å². The maximum atomic E-state index is 12.3. The molecule has 1 unspecified atom stereocenters. The van der Waals surface area contributed by atoms with E-state index in [0.29, 0.717) is 12.8 Å². The Hall–Kier alpha value is -2.44. The molecule has 0 aliphatic carbocycles. The molecule has 2 amide bonds. The Morgan fingerprint density at radius 3 is 2.69 bits per heavy atom. The molecule has 7 nitrogen and oxygen atoms in total. The van der Waals surface area contributed by atoms with Gasteiger partial charge in [0, 0.05) is 19.5 Å². The average molecular weight is 364 g/mol. The quantitative estimate of drug-likeness (QED) is 0.805. The summed E-state index contributed by atoms with van der Waals surface area (Å²) in [6.45, 7) is 7.73. The van der Waals surface area contributed by atoms with E-state index in [1.54, 1.807) is 18.9 Å². The van der Waals surface area contributed by atoms with E-state index in [2.05, 4.69) is 5.32 Å². The fourth-order valence-electron chi connectivity index (χ4n) is 2.57. The fraction of sp³-hybridized carbons (Fsp3) is 0.579. The summed E-state index contributed by atoms with van der Waals surface area (Å²) in [5.74, 6) is 1.40. The first-order valence-corrected chi connectivity index (χ1v) is 8.81. The minimum atomic E-state index is -0.607. The molecule has 0 aromatic heterocycles. The number of amides is 2. The van der Waals surface area contributed by atoms with Gasteiger partial charge in [-0.15, -0.1) is 0 Å². The molecule has 1 aliphatic heterocycles. The molecule has 1 atom stereocenters. The van der Waals surface area contributed by atoms with Crippen LogP contribution in [0.5, 0.6) is 11.5 Å². The Morgan fingerprint density at radius 1 is 1.31 bits per heavy atom. The Morgan fingerprint density at radius 2 is 2.00 bits per heavy atom. The van der Waals surface area contributed by atoms with Crippen molar-refractivity contribution in [2.75, 3.05) is 20.4 Å². The summed E-state index contributed by atoms with van der Waals surface area (Å²) < 4.78 is 16.1. The maximum absolute atomic E-state index is 12.3. The molecule has 1 N–H and O–H groups in total. The Labute approximate surface area is 154 Å². The first-order chi connectivity index (χ1) is 12.2. The van der Waals surface area contributed by atoms with Gasteiger partial charge >= 0.3 is 6.09 Å². The molecule has 144 valence electrons. The lowest BCUT2D eigenvalue weighted by atomic mass is 10.1. The number of carbonyl (C=O) groups excluding carboxylic acids is 2. The molecule has 0 radical (unpaired) electrons. The van der Waals surface area contributed by atoms with Crippen LogP contribution in [0.1, 0.15) is 39.7 Å². The van der Waals surface area contributed by atoms with E-state index >= 15 is 0 Å². The van der Waals surface area contributed by atoms with E-state index in [-0.39, 0.29) is 25.3 Å². The van der Waals surface area contributed by atoms with Crippen LogP contribution in [0.15, 0.2) is 18.2 Å². The van der Waals surface area contributed by atoms with Crippen molar-refractivity contribution < 1.29 is 23.8 Å². The number of fused-ring (bicyclic) bond motifs is 1. The number of hydrogen-bond acceptors (Lipinski definition) is 5. The zero-order valence-corrected chi connectivity index (χ0v) is 16.1. The second-order valence-electron chi connectivity index (χ2n) is 7.19. The lowest BCUT2D eigenvalue weighted by Gasteiger charge is -2.29. The highest BCUT2D eigenvalue weighted by atomic mass is 16.7. The molecule has 0 fully saturated rings. The molecule has 1 aliphatic rings. The third kappa shape index (κ3) is 5.28. The van der Waals surface area contributed by atoms with Crippen LogP contribution in [0, 0.1) is 0 Å². The molecule has 2 rings (SSSR count). The van der Waals surface area contributed by atoms with Crippen LogP contribution in [-0.2, 0) is 16.0 Å². The lowest BCUT2D eigenvalue weighted by Crippen LogP contribution is -2.48. The van der Waals surface area contributed by atoms with Gasteiger partial charge in [-0.25, -0.2) is 4.79 Å². The Kier molecular flexibility index (Phi) is 6.34. The average Bonchev–Trinajstić information content (AvgIpc) is 3.06. The molecule has 1 heterocycles. The largest absolute Gasteiger partial charge is 0.454 e. The molecule has 0 bridgehead atoms. The summed E-state index contributed by atoms with van der Waals surface area (Å²) in [6.07, 6.45) is 0.638. The van der Waals surface area contributed by atoms with Gasteiger partial charge in [0.05, 0.1) is 5.54 Å². The van der Waals surface area contributed by atoms with Gasteiger partial charge in [0.2, 0.25) is 12.7 Å². The summed E-state index contributed by atoms with van der Waals surface area (Å²) in [7, 11) is 1.71. The van der Waals surface area contributed by atoms with Gasteiger partial charge in [0.15, 0.2) is 11.5 Å². The zero-order chi connectivity index (χ0) is 19.3. The summed E-state index contributed by atoms with van der Waals surface area (Å²) in [4.78, 5) is 25.4. The van der Waals surface area contributed by atoms with Crippen LogP contribution in [0.4, 0.5) is 4.79 Å². The highest BCUT2D eigenvalue weighted by molar-refractivity contribution is 5.76. The molecule has 0 saturated heterocycles. The normalized spacial score (nSPS) is 13.9. The predicted octanol–water partition coefficient (Wildman–Crippen LogP) is 2.72. The van der Waals surface area contributed by atoms with Crippen molar-refractivity contribution >= 4 is 12.0 Å². The summed E-state index contributed by atoms with van der Waals surface area (Å²) in [6, 6.07) is 5.71. The predicted molar refractivity (Wildman–Crippen MR) is 97.4 cm³/mol. The van der Waals surface area contributed by atoms with Crippen LogP contribution in [0.3, 0.4) is 0 Å². The number of nitrogens with zero attached hydrogens (tertiary/aromatic N) is 1. The smallest absolute Gasteiger partial charge is 0.409 e. The van der Waals surface area contributed by atoms with Crippen molar-refractivity contribution in [3.8, 4) is 11.5 Å². The first kappa shape index (κ1) is 19.9. The molecule has 26 heavy (non-hydrogen) atoms. The molecule has 7 heteroatoms. The van der Waals surface area contributed by atoms with E-state index < -0.39 is 11.6 Å². The number of ether oxygens (including phenoxy) is 3. The third-order valence-corrected chi connectivity index (χ3v) is 4.27. The zero-order valence-electron chi connectivity index (χ0n) is 16.1. The molecule has 1 aromatic rings. The van der Waals surface area contributed by atoms with Gasteiger partial charge in [-0.05, 0) is 44.9 Å². The van der Waals surface area contributed by atoms with Gasteiger partial charge < -0.3 is 24.4 Å². The van der Waals surface area contributed by atoms with Crippen molar-refractivity contribution in [3.63, 3.8) is 0 Å². The second-order valence-corrected chi connectivity index (χ2v) is 7.19. The van der Waals surface area contributed by atoms with Crippen LogP contribution < -0.4 is 14.8 Å². The molecule has 0 spiro atoms. The van der Waals surface area contributed by atoms with Gasteiger partial charge in [0.1, 0.15) is 6.61 Å². The molecule has 0 saturated carbocycles. The molecule has 1 aromatic carbocycles. The van der Waals surface area contributed by atoms with Gasteiger partial charge in [-0.1, -0.05) is 13.0 Å².